The Kier molecular flexibility index (Phi) is 4.75. The van der Waals surface area contributed by atoms with Crippen LogP contribution in [0.4, 0.5) is 14.5 Å². The highest BCUT2D eigenvalue weighted by atomic mass is 79.9. The summed E-state index contributed by atoms with van der Waals surface area (Å²) in [7, 11) is 0. The maximum atomic E-state index is 13.6. The van der Waals surface area contributed by atoms with Crippen LogP contribution in [-0.4, -0.2) is 9.78 Å². The van der Waals surface area contributed by atoms with Crippen LogP contribution in [0.3, 0.4) is 0 Å². The van der Waals surface area contributed by atoms with Crippen molar-refractivity contribution in [1.82, 2.24) is 9.78 Å². The summed E-state index contributed by atoms with van der Waals surface area (Å²) in [5, 5.41) is 7.25. The molecule has 1 aromatic carbocycles. The molecule has 6 heteroatoms. The summed E-state index contributed by atoms with van der Waals surface area (Å²) in [5.74, 6) is -1.00. The van der Waals surface area contributed by atoms with Crippen molar-refractivity contribution < 1.29 is 8.78 Å². The molecule has 0 amide bonds. The van der Waals surface area contributed by atoms with Crippen LogP contribution in [0.2, 0.25) is 0 Å². The predicted octanol–water partition coefficient (Wildman–Crippen LogP) is 4.51. The van der Waals surface area contributed by atoms with Crippen molar-refractivity contribution in [2.24, 2.45) is 0 Å². The van der Waals surface area contributed by atoms with Crippen molar-refractivity contribution >= 4 is 21.6 Å². The van der Waals surface area contributed by atoms with Crippen LogP contribution < -0.4 is 5.32 Å². The quantitative estimate of drug-likeness (QED) is 0.809. The van der Waals surface area contributed by atoms with E-state index in [2.05, 4.69) is 40.2 Å². The Morgan fingerprint density at radius 2 is 2.10 bits per heavy atom. The van der Waals surface area contributed by atoms with Gasteiger partial charge in [0.1, 0.15) is 11.6 Å². The largest absolute Gasteiger partial charge is 0.377 e. The van der Waals surface area contributed by atoms with Crippen LogP contribution in [0.5, 0.6) is 0 Å². The summed E-state index contributed by atoms with van der Waals surface area (Å²) in [6.45, 7) is 4.51. The molecule has 2 rings (SSSR count). The lowest BCUT2D eigenvalue weighted by Crippen LogP contribution is -2.07. The van der Waals surface area contributed by atoms with Gasteiger partial charge in [0.15, 0.2) is 0 Å². The molecule has 1 heterocycles. The number of hydrogen-bond donors (Lipinski definition) is 1. The first-order valence-electron chi connectivity index (χ1n) is 6.43. The maximum absolute atomic E-state index is 13.6. The lowest BCUT2D eigenvalue weighted by molar-refractivity contribution is 0.474. The van der Waals surface area contributed by atoms with E-state index in [4.69, 9.17) is 0 Å². The summed E-state index contributed by atoms with van der Waals surface area (Å²) in [6, 6.07) is 4.43. The number of anilines is 1. The van der Waals surface area contributed by atoms with Gasteiger partial charge >= 0.3 is 0 Å². The van der Waals surface area contributed by atoms with Gasteiger partial charge in [-0.05, 0) is 41.4 Å². The summed E-state index contributed by atoms with van der Waals surface area (Å²) in [5.41, 5.74) is 0.914. The normalized spacial score (nSPS) is 12.4. The molecule has 108 valence electrons. The van der Waals surface area contributed by atoms with E-state index in [1.54, 1.807) is 0 Å². The standard InChI is InChI=1S/C14H16BrF2N3/c1-3-9(2)20-5-4-10(19-20)8-18-14-7-12(16)11(15)6-13(14)17/h4-7,9,18H,3,8H2,1-2H3. The first-order valence-corrected chi connectivity index (χ1v) is 7.23. The van der Waals surface area contributed by atoms with E-state index in [1.807, 2.05) is 16.9 Å². The molecule has 0 spiro atoms. The first kappa shape index (κ1) is 15.0. The second kappa shape index (κ2) is 6.35. The summed E-state index contributed by atoms with van der Waals surface area (Å²) >= 11 is 2.94. The number of hydrogen-bond acceptors (Lipinski definition) is 2. The maximum Gasteiger partial charge on any atom is 0.147 e. The monoisotopic (exact) mass is 343 g/mol. The Bertz CT molecular complexity index is 598. The fourth-order valence-corrected chi connectivity index (χ4v) is 2.06. The van der Waals surface area contributed by atoms with Crippen LogP contribution in [0.1, 0.15) is 32.0 Å². The first-order chi connectivity index (χ1) is 9.51. The third-order valence-electron chi connectivity index (χ3n) is 3.18. The lowest BCUT2D eigenvalue weighted by Gasteiger charge is -2.09. The highest BCUT2D eigenvalue weighted by Gasteiger charge is 2.09. The average Bonchev–Trinajstić information content (AvgIpc) is 2.89. The van der Waals surface area contributed by atoms with Crippen LogP contribution in [0.25, 0.3) is 0 Å². The summed E-state index contributed by atoms with van der Waals surface area (Å²) in [6.07, 6.45) is 2.88. The highest BCUT2D eigenvalue weighted by Crippen LogP contribution is 2.23. The zero-order chi connectivity index (χ0) is 14.7. The van der Waals surface area contributed by atoms with E-state index in [0.29, 0.717) is 12.6 Å². The molecule has 0 saturated carbocycles. The van der Waals surface area contributed by atoms with Crippen molar-refractivity contribution in [2.45, 2.75) is 32.9 Å². The van der Waals surface area contributed by atoms with Crippen LogP contribution in [-0.2, 0) is 6.54 Å². The third-order valence-corrected chi connectivity index (χ3v) is 3.78. The topological polar surface area (TPSA) is 29.9 Å². The molecular formula is C14H16BrF2N3. The van der Waals surface area contributed by atoms with E-state index >= 15 is 0 Å². The van der Waals surface area contributed by atoms with Gasteiger partial charge in [-0.1, -0.05) is 6.92 Å². The molecule has 1 unspecified atom stereocenters. The van der Waals surface area contributed by atoms with Gasteiger partial charge < -0.3 is 5.32 Å². The minimum atomic E-state index is -0.501. The van der Waals surface area contributed by atoms with Gasteiger partial charge in [-0.2, -0.15) is 5.10 Å². The van der Waals surface area contributed by atoms with Crippen molar-refractivity contribution in [1.29, 1.82) is 0 Å². The van der Waals surface area contributed by atoms with Crippen molar-refractivity contribution in [3.05, 3.63) is 46.2 Å². The van der Waals surface area contributed by atoms with E-state index in [1.165, 1.54) is 0 Å². The molecule has 0 saturated heterocycles. The van der Waals surface area contributed by atoms with Gasteiger partial charge in [-0.25, -0.2) is 8.78 Å². The van der Waals surface area contributed by atoms with E-state index in [9.17, 15) is 8.78 Å². The Morgan fingerprint density at radius 1 is 1.35 bits per heavy atom. The van der Waals surface area contributed by atoms with Crippen LogP contribution in [0.15, 0.2) is 28.9 Å². The Balaban J connectivity index is 2.05. The second-order valence-electron chi connectivity index (χ2n) is 4.64. The zero-order valence-corrected chi connectivity index (χ0v) is 12.9. The fraction of sp³-hybridized carbons (Fsp3) is 0.357. The van der Waals surface area contributed by atoms with Gasteiger partial charge in [0.2, 0.25) is 0 Å². The van der Waals surface area contributed by atoms with E-state index in [-0.39, 0.29) is 10.2 Å². The van der Waals surface area contributed by atoms with Crippen molar-refractivity contribution in [3.8, 4) is 0 Å². The molecule has 3 nitrogen and oxygen atoms in total. The molecule has 0 aliphatic carbocycles. The average molecular weight is 344 g/mol. The lowest BCUT2D eigenvalue weighted by atomic mass is 10.3. The third kappa shape index (κ3) is 3.36. The van der Waals surface area contributed by atoms with Crippen molar-refractivity contribution in [3.63, 3.8) is 0 Å². The van der Waals surface area contributed by atoms with Crippen LogP contribution >= 0.6 is 15.9 Å². The molecule has 1 atom stereocenters. The minimum absolute atomic E-state index is 0.113. The minimum Gasteiger partial charge on any atom is -0.377 e. The van der Waals surface area contributed by atoms with Gasteiger partial charge in [-0.3, -0.25) is 4.68 Å². The van der Waals surface area contributed by atoms with Gasteiger partial charge in [0, 0.05) is 18.3 Å². The van der Waals surface area contributed by atoms with Gasteiger partial charge in [-0.15, -0.1) is 0 Å². The fourth-order valence-electron chi connectivity index (χ4n) is 1.75. The van der Waals surface area contributed by atoms with E-state index < -0.39 is 11.6 Å². The zero-order valence-electron chi connectivity index (χ0n) is 11.3. The highest BCUT2D eigenvalue weighted by molar-refractivity contribution is 9.10. The van der Waals surface area contributed by atoms with Crippen LogP contribution in [0, 0.1) is 11.6 Å². The number of rotatable bonds is 5. The SMILES string of the molecule is CCC(C)n1ccc(CNc2cc(F)c(Br)cc2F)n1. The molecule has 1 aromatic heterocycles. The Hall–Kier alpha value is -1.43. The Morgan fingerprint density at radius 3 is 2.80 bits per heavy atom. The van der Waals surface area contributed by atoms with Gasteiger partial charge in [0.25, 0.3) is 0 Å². The Labute approximate surface area is 125 Å². The summed E-state index contributed by atoms with van der Waals surface area (Å²) < 4.78 is 29.0. The smallest absolute Gasteiger partial charge is 0.147 e. The number of nitrogens with zero attached hydrogens (tertiary/aromatic N) is 2. The van der Waals surface area contributed by atoms with Crippen molar-refractivity contribution in [2.75, 3.05) is 5.32 Å². The molecule has 20 heavy (non-hydrogen) atoms. The number of aromatic nitrogens is 2. The molecular weight excluding hydrogens is 328 g/mol. The van der Waals surface area contributed by atoms with Gasteiger partial charge in [0.05, 0.1) is 22.4 Å². The number of nitrogens with one attached hydrogen (secondary N) is 1. The molecule has 2 aromatic rings. The molecule has 0 fully saturated rings. The molecule has 0 aliphatic heterocycles. The predicted molar refractivity (Wildman–Crippen MR) is 78.6 cm³/mol. The molecule has 0 radical (unpaired) electrons. The van der Waals surface area contributed by atoms with E-state index in [0.717, 1.165) is 24.2 Å². The number of benzene rings is 1. The number of halogens is 3. The summed E-state index contributed by atoms with van der Waals surface area (Å²) in [4.78, 5) is 0. The molecule has 1 N–H and O–H groups in total. The molecule has 0 bridgehead atoms. The molecule has 0 aliphatic rings. The second-order valence-corrected chi connectivity index (χ2v) is 5.50.